The van der Waals surface area contributed by atoms with Gasteiger partial charge in [-0.05, 0) is 24.3 Å². The lowest BCUT2D eigenvalue weighted by Gasteiger charge is -2.16. The van der Waals surface area contributed by atoms with E-state index in [1.54, 1.807) is 23.5 Å². The lowest BCUT2D eigenvalue weighted by Crippen LogP contribution is -2.31. The summed E-state index contributed by atoms with van der Waals surface area (Å²) in [6.45, 7) is 4.15. The van der Waals surface area contributed by atoms with Crippen LogP contribution in [-0.4, -0.2) is 29.5 Å². The smallest absolute Gasteiger partial charge is 0.279 e. The topological polar surface area (TPSA) is 55.3 Å². The van der Waals surface area contributed by atoms with Gasteiger partial charge in [-0.1, -0.05) is 36.4 Å². The molecule has 5 nitrogen and oxygen atoms in total. The number of methoxy groups -OCH3 is 1. The van der Waals surface area contributed by atoms with Crippen molar-refractivity contribution in [2.24, 2.45) is 0 Å². The number of thiazole rings is 2. The largest absolute Gasteiger partial charge is 0.497 e. The van der Waals surface area contributed by atoms with E-state index in [2.05, 4.69) is 16.5 Å². The molecule has 0 unspecified atom stereocenters. The van der Waals surface area contributed by atoms with Crippen molar-refractivity contribution >= 4 is 33.7 Å². The molecule has 0 fully saturated rings. The van der Waals surface area contributed by atoms with Gasteiger partial charge in [-0.25, -0.2) is 9.97 Å². The number of ether oxygens (including phenoxy) is 1. The normalized spacial score (nSPS) is 10.6. The van der Waals surface area contributed by atoms with E-state index < -0.39 is 0 Å². The summed E-state index contributed by atoms with van der Waals surface area (Å²) in [5.41, 5.74) is 3.19. The van der Waals surface area contributed by atoms with E-state index in [9.17, 15) is 4.79 Å². The van der Waals surface area contributed by atoms with Gasteiger partial charge >= 0.3 is 0 Å². The van der Waals surface area contributed by atoms with Gasteiger partial charge < -0.3 is 4.74 Å². The average molecular weight is 434 g/mol. The zero-order valence-electron chi connectivity index (χ0n) is 16.3. The molecule has 4 rings (SSSR count). The summed E-state index contributed by atoms with van der Waals surface area (Å²) in [7, 11) is 1.63. The van der Waals surface area contributed by atoms with Crippen LogP contribution in [0.3, 0.4) is 0 Å². The number of hydrogen-bond donors (Lipinski definition) is 0. The fourth-order valence-electron chi connectivity index (χ4n) is 2.88. The third-order valence-corrected chi connectivity index (χ3v) is 6.16. The van der Waals surface area contributed by atoms with Gasteiger partial charge in [0.2, 0.25) is 0 Å². The molecule has 0 atom stereocenters. The standard InChI is InChI=1S/C23H19N3O2S2/c1-3-13-26(23-25-19(14-30-23)16-7-5-4-6-8-16)22(27)20-15-29-21(24-20)17-9-11-18(28-2)12-10-17/h3-12,14-15H,1,13H2,2H3. The predicted octanol–water partition coefficient (Wildman–Crippen LogP) is 5.78. The Morgan fingerprint density at radius 1 is 1.03 bits per heavy atom. The Bertz CT molecular complexity index is 1150. The predicted molar refractivity (Wildman–Crippen MR) is 124 cm³/mol. The number of nitrogens with zero attached hydrogens (tertiary/aromatic N) is 3. The van der Waals surface area contributed by atoms with Crippen LogP contribution >= 0.6 is 22.7 Å². The highest BCUT2D eigenvalue weighted by Crippen LogP contribution is 2.30. The SMILES string of the molecule is C=CCN(C(=O)c1csc(-c2ccc(OC)cc2)n1)c1nc(-c2ccccc2)cs1. The molecule has 0 aliphatic rings. The maximum atomic E-state index is 13.2. The molecule has 4 aromatic rings. The molecule has 150 valence electrons. The monoisotopic (exact) mass is 433 g/mol. The van der Waals surface area contributed by atoms with Crippen molar-refractivity contribution in [1.82, 2.24) is 9.97 Å². The van der Waals surface area contributed by atoms with Gasteiger partial charge in [-0.3, -0.25) is 9.69 Å². The number of carbonyl (C=O) groups excluding carboxylic acids is 1. The molecule has 30 heavy (non-hydrogen) atoms. The van der Waals surface area contributed by atoms with Crippen LogP contribution in [0.1, 0.15) is 10.5 Å². The highest BCUT2D eigenvalue weighted by atomic mass is 32.1. The van der Waals surface area contributed by atoms with Gasteiger partial charge in [0.1, 0.15) is 16.5 Å². The molecule has 0 bridgehead atoms. The second kappa shape index (κ2) is 9.02. The first-order chi connectivity index (χ1) is 14.7. The number of amides is 1. The molecule has 2 aromatic heterocycles. The summed E-state index contributed by atoms with van der Waals surface area (Å²) >= 11 is 2.87. The molecule has 0 saturated heterocycles. The van der Waals surface area contributed by atoms with Gasteiger partial charge in [-0.2, -0.15) is 0 Å². The van der Waals surface area contributed by atoms with E-state index in [4.69, 9.17) is 4.74 Å². The van der Waals surface area contributed by atoms with Crippen LogP contribution in [0.4, 0.5) is 5.13 Å². The molecule has 0 saturated carbocycles. The lowest BCUT2D eigenvalue weighted by molar-refractivity contribution is 0.0985. The lowest BCUT2D eigenvalue weighted by atomic mass is 10.2. The molecular formula is C23H19N3O2S2. The maximum absolute atomic E-state index is 13.2. The maximum Gasteiger partial charge on any atom is 0.279 e. The number of hydrogen-bond acceptors (Lipinski definition) is 6. The minimum atomic E-state index is -0.195. The molecule has 7 heteroatoms. The van der Waals surface area contributed by atoms with Crippen LogP contribution in [0, 0.1) is 0 Å². The minimum Gasteiger partial charge on any atom is -0.497 e. The van der Waals surface area contributed by atoms with Gasteiger partial charge in [-0.15, -0.1) is 29.3 Å². The van der Waals surface area contributed by atoms with Crippen LogP contribution in [0.5, 0.6) is 5.75 Å². The fraction of sp³-hybridized carbons (Fsp3) is 0.0870. The van der Waals surface area contributed by atoms with Crippen molar-refractivity contribution in [3.8, 4) is 27.6 Å². The number of aromatic nitrogens is 2. The Labute approximate surface area is 182 Å². The quantitative estimate of drug-likeness (QED) is 0.347. The zero-order chi connectivity index (χ0) is 20.9. The van der Waals surface area contributed by atoms with Crippen LogP contribution < -0.4 is 9.64 Å². The second-order valence-corrected chi connectivity index (χ2v) is 8.05. The van der Waals surface area contributed by atoms with E-state index in [0.29, 0.717) is 17.4 Å². The first kappa shape index (κ1) is 20.0. The number of carbonyl (C=O) groups is 1. The van der Waals surface area contributed by atoms with Crippen molar-refractivity contribution in [1.29, 1.82) is 0 Å². The van der Waals surface area contributed by atoms with Crippen molar-refractivity contribution in [3.63, 3.8) is 0 Å². The van der Waals surface area contributed by atoms with Gasteiger partial charge in [0.25, 0.3) is 5.91 Å². The average Bonchev–Trinajstić information content (AvgIpc) is 3.48. The highest BCUT2D eigenvalue weighted by Gasteiger charge is 2.22. The second-order valence-electron chi connectivity index (χ2n) is 6.35. The van der Waals surface area contributed by atoms with Crippen molar-refractivity contribution in [2.75, 3.05) is 18.6 Å². The Morgan fingerprint density at radius 2 is 1.80 bits per heavy atom. The molecule has 0 N–H and O–H groups in total. The third-order valence-electron chi connectivity index (χ3n) is 4.41. The third kappa shape index (κ3) is 4.17. The van der Waals surface area contributed by atoms with Gasteiger partial charge in [0.05, 0.1) is 12.8 Å². The summed E-state index contributed by atoms with van der Waals surface area (Å²) in [6, 6.07) is 17.5. The highest BCUT2D eigenvalue weighted by molar-refractivity contribution is 7.14. The van der Waals surface area contributed by atoms with E-state index in [-0.39, 0.29) is 5.91 Å². The van der Waals surface area contributed by atoms with Gasteiger partial charge in [0.15, 0.2) is 5.13 Å². The van der Waals surface area contributed by atoms with E-state index in [1.807, 2.05) is 60.0 Å². The van der Waals surface area contributed by atoms with Crippen LogP contribution in [0.15, 0.2) is 78.0 Å². The van der Waals surface area contributed by atoms with Crippen LogP contribution in [-0.2, 0) is 0 Å². The van der Waals surface area contributed by atoms with E-state index in [0.717, 1.165) is 27.6 Å². The Balaban J connectivity index is 1.59. The molecule has 2 aromatic carbocycles. The number of benzene rings is 2. The van der Waals surface area contributed by atoms with E-state index in [1.165, 1.54) is 22.7 Å². The van der Waals surface area contributed by atoms with Crippen molar-refractivity contribution in [3.05, 3.63) is 83.7 Å². The van der Waals surface area contributed by atoms with Gasteiger partial charge in [0, 0.05) is 28.4 Å². The molecular weight excluding hydrogens is 414 g/mol. The van der Waals surface area contributed by atoms with Crippen LogP contribution in [0.2, 0.25) is 0 Å². The first-order valence-electron chi connectivity index (χ1n) is 9.23. The van der Waals surface area contributed by atoms with E-state index >= 15 is 0 Å². The molecule has 0 aliphatic carbocycles. The Morgan fingerprint density at radius 3 is 2.50 bits per heavy atom. The molecule has 0 spiro atoms. The first-order valence-corrected chi connectivity index (χ1v) is 11.0. The van der Waals surface area contributed by atoms with Crippen molar-refractivity contribution in [2.45, 2.75) is 0 Å². The summed E-state index contributed by atoms with van der Waals surface area (Å²) in [6.07, 6.45) is 1.69. The number of anilines is 1. The minimum absolute atomic E-state index is 0.195. The Hall–Kier alpha value is -3.29. The number of rotatable bonds is 7. The molecule has 0 aliphatic heterocycles. The molecule has 2 heterocycles. The summed E-state index contributed by atoms with van der Waals surface area (Å²) in [5, 5.41) is 5.14. The molecule has 1 amide bonds. The van der Waals surface area contributed by atoms with Crippen molar-refractivity contribution < 1.29 is 9.53 Å². The molecule has 0 radical (unpaired) electrons. The summed E-state index contributed by atoms with van der Waals surface area (Å²) in [4.78, 5) is 24.0. The summed E-state index contributed by atoms with van der Waals surface area (Å²) in [5.74, 6) is 0.585. The van der Waals surface area contributed by atoms with Crippen LogP contribution in [0.25, 0.3) is 21.8 Å². The fourth-order valence-corrected chi connectivity index (χ4v) is 4.52. The zero-order valence-corrected chi connectivity index (χ0v) is 18.0. The Kier molecular flexibility index (Phi) is 6.02. The summed E-state index contributed by atoms with van der Waals surface area (Å²) < 4.78 is 5.20.